The van der Waals surface area contributed by atoms with E-state index >= 15 is 0 Å². The van der Waals surface area contributed by atoms with Crippen molar-refractivity contribution in [3.05, 3.63) is 18.2 Å². The largest absolute Gasteiger partial charge is 0.494 e. The monoisotopic (exact) mass is 391 g/mol. The number of likely N-dealkylation sites (tertiary alicyclic amines) is 1. The number of carbonyl (C=O) groups is 1. The first-order chi connectivity index (χ1) is 13.1. The number of anilines is 1. The zero-order valence-corrected chi connectivity index (χ0v) is 16.3. The Hall–Kier alpha value is -1.74. The Bertz CT molecular complexity index is 818. The maximum Gasteiger partial charge on any atom is 0.240 e. The molecule has 7 nitrogen and oxygen atoms in total. The molecule has 27 heavy (non-hydrogen) atoms. The predicted octanol–water partition coefficient (Wildman–Crippen LogP) is 2.25. The highest BCUT2D eigenvalue weighted by atomic mass is 32.1. The number of thiazole rings is 1. The maximum absolute atomic E-state index is 12.4. The molecule has 0 saturated carbocycles. The van der Waals surface area contributed by atoms with E-state index < -0.39 is 11.7 Å². The lowest BCUT2D eigenvalue weighted by molar-refractivity contribution is -0.135. The highest BCUT2D eigenvalue weighted by molar-refractivity contribution is 7.22. The molecule has 1 aromatic carbocycles. The van der Waals surface area contributed by atoms with Gasteiger partial charge < -0.3 is 19.9 Å². The summed E-state index contributed by atoms with van der Waals surface area (Å²) in [7, 11) is 0. The van der Waals surface area contributed by atoms with Crippen LogP contribution in [0.15, 0.2) is 18.2 Å². The Labute approximate surface area is 162 Å². The fourth-order valence-electron chi connectivity index (χ4n) is 3.92. The summed E-state index contributed by atoms with van der Waals surface area (Å²) in [6, 6.07) is 5.72. The second-order valence-electron chi connectivity index (χ2n) is 7.15. The molecule has 4 rings (SSSR count). The van der Waals surface area contributed by atoms with E-state index in [0.717, 1.165) is 48.4 Å². The molecule has 2 aromatic rings. The first-order valence-corrected chi connectivity index (χ1v) is 10.3. The maximum atomic E-state index is 12.4. The van der Waals surface area contributed by atoms with Crippen LogP contribution in [0.3, 0.4) is 0 Å². The summed E-state index contributed by atoms with van der Waals surface area (Å²) in [6.45, 7) is 4.74. The standard InChI is InChI=1S/C19H25N3O4S/c1-2-25-13-4-5-14-15(10-13)27-18(20-14)21-17(24)12-22-8-7-19(16(23)11-22)6-3-9-26-19/h4-5,10,16,23H,2-3,6-9,11-12H2,1H3,(H,20,21,24)/t16-,19-/m0/s1. The van der Waals surface area contributed by atoms with Crippen molar-refractivity contribution < 1.29 is 19.4 Å². The second kappa shape index (κ2) is 7.71. The number of aliphatic hydroxyl groups excluding tert-OH is 1. The number of aromatic nitrogens is 1. The van der Waals surface area contributed by atoms with Gasteiger partial charge in [0.15, 0.2) is 5.13 Å². The van der Waals surface area contributed by atoms with Crippen molar-refractivity contribution in [1.29, 1.82) is 0 Å². The van der Waals surface area contributed by atoms with Gasteiger partial charge in [-0.2, -0.15) is 0 Å². The first-order valence-electron chi connectivity index (χ1n) is 9.45. The van der Waals surface area contributed by atoms with Crippen LogP contribution in [0.1, 0.15) is 26.2 Å². The van der Waals surface area contributed by atoms with Crippen LogP contribution in [-0.4, -0.2) is 65.5 Å². The summed E-state index contributed by atoms with van der Waals surface area (Å²) in [5.41, 5.74) is 0.450. The molecule has 0 unspecified atom stereocenters. The van der Waals surface area contributed by atoms with Gasteiger partial charge >= 0.3 is 0 Å². The number of β-amino-alcohol motifs (C(OH)–C–C–N with tert-alkyl or cyclic N) is 1. The summed E-state index contributed by atoms with van der Waals surface area (Å²) < 4.78 is 12.3. The van der Waals surface area contributed by atoms with Crippen molar-refractivity contribution in [3.63, 3.8) is 0 Å². The molecular weight excluding hydrogens is 366 g/mol. The zero-order chi connectivity index (χ0) is 18.9. The lowest BCUT2D eigenvalue weighted by Crippen LogP contribution is -2.56. The number of hydrogen-bond donors (Lipinski definition) is 2. The van der Waals surface area contributed by atoms with E-state index in [1.807, 2.05) is 30.0 Å². The van der Waals surface area contributed by atoms with Crippen LogP contribution in [0.25, 0.3) is 10.2 Å². The van der Waals surface area contributed by atoms with Crippen molar-refractivity contribution in [2.24, 2.45) is 0 Å². The summed E-state index contributed by atoms with van der Waals surface area (Å²) in [5.74, 6) is 0.687. The molecule has 0 aliphatic carbocycles. The first kappa shape index (κ1) is 18.6. The molecule has 2 aliphatic heterocycles. The molecule has 1 spiro atoms. The van der Waals surface area contributed by atoms with Gasteiger partial charge in [0.1, 0.15) is 5.75 Å². The summed E-state index contributed by atoms with van der Waals surface area (Å²) in [4.78, 5) is 18.9. The van der Waals surface area contributed by atoms with E-state index in [1.54, 1.807) is 0 Å². The van der Waals surface area contributed by atoms with Gasteiger partial charge in [-0.15, -0.1) is 0 Å². The predicted molar refractivity (Wildman–Crippen MR) is 104 cm³/mol. The van der Waals surface area contributed by atoms with Crippen molar-refractivity contribution in [3.8, 4) is 5.75 Å². The quantitative estimate of drug-likeness (QED) is 0.813. The average molecular weight is 391 g/mol. The Morgan fingerprint density at radius 1 is 1.52 bits per heavy atom. The molecular formula is C19H25N3O4S. The smallest absolute Gasteiger partial charge is 0.240 e. The highest BCUT2D eigenvalue weighted by Crippen LogP contribution is 2.36. The number of amides is 1. The van der Waals surface area contributed by atoms with Crippen LogP contribution in [-0.2, 0) is 9.53 Å². The number of nitrogens with zero attached hydrogens (tertiary/aromatic N) is 2. The van der Waals surface area contributed by atoms with E-state index in [9.17, 15) is 9.90 Å². The van der Waals surface area contributed by atoms with Gasteiger partial charge in [-0.25, -0.2) is 4.98 Å². The number of aliphatic hydroxyl groups is 1. The Morgan fingerprint density at radius 3 is 3.15 bits per heavy atom. The van der Waals surface area contributed by atoms with Crippen molar-refractivity contribution in [1.82, 2.24) is 9.88 Å². The molecule has 2 aliphatic rings. The average Bonchev–Trinajstić information content (AvgIpc) is 3.25. The summed E-state index contributed by atoms with van der Waals surface area (Å²) in [5, 5.41) is 13.9. The Kier molecular flexibility index (Phi) is 5.32. The molecule has 1 aromatic heterocycles. The molecule has 0 radical (unpaired) electrons. The van der Waals surface area contributed by atoms with E-state index in [0.29, 0.717) is 18.3 Å². The van der Waals surface area contributed by atoms with Gasteiger partial charge in [0, 0.05) is 19.7 Å². The molecule has 2 saturated heterocycles. The number of carbonyl (C=O) groups excluding carboxylic acids is 1. The second-order valence-corrected chi connectivity index (χ2v) is 8.18. The lowest BCUT2D eigenvalue weighted by Gasteiger charge is -2.42. The van der Waals surface area contributed by atoms with Crippen molar-refractivity contribution >= 4 is 32.6 Å². The number of fused-ring (bicyclic) bond motifs is 1. The minimum Gasteiger partial charge on any atom is -0.494 e. The van der Waals surface area contributed by atoms with Crippen LogP contribution in [0, 0.1) is 0 Å². The van der Waals surface area contributed by atoms with Crippen LogP contribution in [0.4, 0.5) is 5.13 Å². The zero-order valence-electron chi connectivity index (χ0n) is 15.4. The SMILES string of the molecule is CCOc1ccc2nc(NC(=O)CN3CC[C@@]4(CCCO4)[C@@H](O)C3)sc2c1. The van der Waals surface area contributed by atoms with Gasteiger partial charge in [0.05, 0.1) is 35.1 Å². The fraction of sp³-hybridized carbons (Fsp3) is 0.579. The third-order valence-corrected chi connectivity index (χ3v) is 6.24. The molecule has 2 N–H and O–H groups in total. The minimum absolute atomic E-state index is 0.116. The molecule has 3 heterocycles. The number of ether oxygens (including phenoxy) is 2. The van der Waals surface area contributed by atoms with E-state index in [-0.39, 0.29) is 12.5 Å². The molecule has 0 bridgehead atoms. The number of rotatable bonds is 5. The summed E-state index contributed by atoms with van der Waals surface area (Å²) >= 11 is 1.43. The number of benzene rings is 1. The summed E-state index contributed by atoms with van der Waals surface area (Å²) in [6.07, 6.45) is 2.13. The van der Waals surface area contributed by atoms with Gasteiger partial charge in [-0.05, 0) is 44.4 Å². The van der Waals surface area contributed by atoms with Crippen molar-refractivity contribution in [2.75, 3.05) is 38.2 Å². The normalized spacial score (nSPS) is 25.9. The van der Waals surface area contributed by atoms with Crippen molar-refractivity contribution in [2.45, 2.75) is 37.9 Å². The minimum atomic E-state index is -0.541. The van der Waals surface area contributed by atoms with E-state index in [1.165, 1.54) is 11.3 Å². The van der Waals surface area contributed by atoms with E-state index in [2.05, 4.69) is 10.3 Å². The molecule has 1 amide bonds. The Morgan fingerprint density at radius 2 is 2.41 bits per heavy atom. The van der Waals surface area contributed by atoms with Crippen LogP contribution in [0.2, 0.25) is 0 Å². The fourth-order valence-corrected chi connectivity index (χ4v) is 4.83. The van der Waals surface area contributed by atoms with E-state index in [4.69, 9.17) is 9.47 Å². The molecule has 8 heteroatoms. The van der Waals surface area contributed by atoms with Crippen LogP contribution >= 0.6 is 11.3 Å². The number of nitrogens with one attached hydrogen (secondary N) is 1. The van der Waals surface area contributed by atoms with Gasteiger partial charge in [-0.3, -0.25) is 9.69 Å². The Balaban J connectivity index is 1.35. The highest BCUT2D eigenvalue weighted by Gasteiger charge is 2.45. The van der Waals surface area contributed by atoms with Gasteiger partial charge in [0.2, 0.25) is 5.91 Å². The third-order valence-electron chi connectivity index (χ3n) is 5.31. The van der Waals surface area contributed by atoms with Crippen LogP contribution in [0.5, 0.6) is 5.75 Å². The van der Waals surface area contributed by atoms with Gasteiger partial charge in [0.25, 0.3) is 0 Å². The molecule has 146 valence electrons. The lowest BCUT2D eigenvalue weighted by atomic mass is 9.86. The molecule has 2 atom stereocenters. The molecule has 2 fully saturated rings. The van der Waals surface area contributed by atoms with Crippen LogP contribution < -0.4 is 10.1 Å². The van der Waals surface area contributed by atoms with Gasteiger partial charge in [-0.1, -0.05) is 11.3 Å². The topological polar surface area (TPSA) is 83.9 Å². The third kappa shape index (κ3) is 3.94. The number of hydrogen-bond acceptors (Lipinski definition) is 7. The number of piperidine rings is 1.